The molecular formula is C14H25N3O. The molecule has 0 radical (unpaired) electrons. The van der Waals surface area contributed by atoms with E-state index in [2.05, 4.69) is 35.6 Å². The predicted molar refractivity (Wildman–Crippen MR) is 74.9 cm³/mol. The van der Waals surface area contributed by atoms with E-state index in [1.165, 1.54) is 5.56 Å². The Labute approximate surface area is 110 Å². The number of aryl methyl sites for hydroxylation is 2. The van der Waals surface area contributed by atoms with Gasteiger partial charge < -0.3 is 10.0 Å². The van der Waals surface area contributed by atoms with E-state index in [1.54, 1.807) is 0 Å². The van der Waals surface area contributed by atoms with Gasteiger partial charge in [0.15, 0.2) is 0 Å². The number of anilines is 1. The lowest BCUT2D eigenvalue weighted by atomic mass is 9.94. The van der Waals surface area contributed by atoms with Crippen molar-refractivity contribution >= 4 is 5.82 Å². The van der Waals surface area contributed by atoms with Crippen LogP contribution in [0.3, 0.4) is 0 Å². The minimum absolute atomic E-state index is 0.128. The maximum Gasteiger partial charge on any atom is 0.135 e. The van der Waals surface area contributed by atoms with Gasteiger partial charge in [-0.25, -0.2) is 9.97 Å². The lowest BCUT2D eigenvalue weighted by Crippen LogP contribution is -2.35. The van der Waals surface area contributed by atoms with Gasteiger partial charge in [0.25, 0.3) is 0 Å². The van der Waals surface area contributed by atoms with Crippen LogP contribution in [0.1, 0.15) is 38.6 Å². The summed E-state index contributed by atoms with van der Waals surface area (Å²) < 4.78 is 0. The monoisotopic (exact) mass is 251 g/mol. The van der Waals surface area contributed by atoms with Gasteiger partial charge in [-0.2, -0.15) is 0 Å². The Morgan fingerprint density at radius 2 is 2.06 bits per heavy atom. The van der Waals surface area contributed by atoms with Crippen molar-refractivity contribution in [3.05, 3.63) is 17.6 Å². The molecule has 0 saturated heterocycles. The first kappa shape index (κ1) is 14.9. The second-order valence-corrected chi connectivity index (χ2v) is 5.69. The minimum Gasteiger partial charge on any atom is -0.396 e. The quantitative estimate of drug-likeness (QED) is 0.842. The zero-order chi connectivity index (χ0) is 13.8. The van der Waals surface area contributed by atoms with Crippen LogP contribution < -0.4 is 4.90 Å². The van der Waals surface area contributed by atoms with Crippen molar-refractivity contribution in [2.75, 3.05) is 25.1 Å². The van der Waals surface area contributed by atoms with E-state index in [0.717, 1.165) is 31.0 Å². The van der Waals surface area contributed by atoms with Gasteiger partial charge in [0.2, 0.25) is 0 Å². The van der Waals surface area contributed by atoms with Crippen molar-refractivity contribution in [2.45, 2.75) is 40.5 Å². The summed E-state index contributed by atoms with van der Waals surface area (Å²) in [5, 5.41) is 9.36. The maximum absolute atomic E-state index is 9.36. The molecule has 1 rings (SSSR count). The van der Waals surface area contributed by atoms with E-state index < -0.39 is 0 Å². The summed E-state index contributed by atoms with van der Waals surface area (Å²) in [5.41, 5.74) is 1.05. The minimum atomic E-state index is -0.128. The van der Waals surface area contributed by atoms with Crippen LogP contribution in [0.25, 0.3) is 0 Å². The van der Waals surface area contributed by atoms with E-state index >= 15 is 0 Å². The molecule has 1 heterocycles. The van der Waals surface area contributed by atoms with Crippen LogP contribution in [0.15, 0.2) is 6.20 Å². The number of hydrogen-bond acceptors (Lipinski definition) is 4. The summed E-state index contributed by atoms with van der Waals surface area (Å²) in [7, 11) is 2.03. The summed E-state index contributed by atoms with van der Waals surface area (Å²) in [4.78, 5) is 10.9. The molecule has 4 heteroatoms. The Kier molecular flexibility index (Phi) is 5.08. The zero-order valence-electron chi connectivity index (χ0n) is 12.2. The van der Waals surface area contributed by atoms with E-state index in [0.29, 0.717) is 0 Å². The van der Waals surface area contributed by atoms with Crippen molar-refractivity contribution in [1.29, 1.82) is 0 Å². The number of aliphatic hydroxyl groups is 1. The van der Waals surface area contributed by atoms with Crippen molar-refractivity contribution < 1.29 is 5.11 Å². The van der Waals surface area contributed by atoms with Crippen molar-refractivity contribution in [3.63, 3.8) is 0 Å². The fraction of sp³-hybridized carbons (Fsp3) is 0.714. The molecule has 0 saturated carbocycles. The Morgan fingerprint density at radius 1 is 1.39 bits per heavy atom. The Hall–Kier alpha value is -1.16. The van der Waals surface area contributed by atoms with Crippen LogP contribution in [0, 0.1) is 12.3 Å². The normalized spacial score (nSPS) is 11.7. The van der Waals surface area contributed by atoms with Gasteiger partial charge in [0, 0.05) is 37.4 Å². The van der Waals surface area contributed by atoms with Gasteiger partial charge in [0.1, 0.15) is 11.6 Å². The Morgan fingerprint density at radius 3 is 2.61 bits per heavy atom. The molecule has 1 aromatic heterocycles. The highest BCUT2D eigenvalue weighted by Gasteiger charge is 2.21. The summed E-state index contributed by atoms with van der Waals surface area (Å²) in [6, 6.07) is 0. The van der Waals surface area contributed by atoms with Crippen molar-refractivity contribution in [2.24, 2.45) is 5.41 Å². The lowest BCUT2D eigenvalue weighted by Gasteiger charge is -2.30. The molecule has 1 N–H and O–H groups in total. The molecule has 1 aromatic rings. The van der Waals surface area contributed by atoms with Crippen LogP contribution in [0.2, 0.25) is 0 Å². The van der Waals surface area contributed by atoms with Gasteiger partial charge in [-0.3, -0.25) is 0 Å². The molecule has 102 valence electrons. The predicted octanol–water partition coefficient (Wildman–Crippen LogP) is 2.19. The highest BCUT2D eigenvalue weighted by atomic mass is 16.3. The average Bonchev–Trinajstić information content (AvgIpc) is 2.31. The van der Waals surface area contributed by atoms with Crippen molar-refractivity contribution in [1.82, 2.24) is 9.97 Å². The van der Waals surface area contributed by atoms with Gasteiger partial charge in [-0.05, 0) is 13.3 Å². The third-order valence-electron chi connectivity index (χ3n) is 2.94. The standard InChI is InChI=1S/C14H25N3O/c1-6-7-12-8-15-11(2)16-13(12)17(5)9-14(3,4)10-18/h8,18H,6-7,9-10H2,1-5H3. The first-order valence-electron chi connectivity index (χ1n) is 6.54. The Bertz CT molecular complexity index is 391. The van der Waals surface area contributed by atoms with E-state index in [-0.39, 0.29) is 12.0 Å². The molecule has 0 aromatic carbocycles. The number of hydrogen-bond donors (Lipinski definition) is 1. The zero-order valence-corrected chi connectivity index (χ0v) is 12.2. The largest absolute Gasteiger partial charge is 0.396 e. The molecule has 4 nitrogen and oxygen atoms in total. The lowest BCUT2D eigenvalue weighted by molar-refractivity contribution is 0.165. The van der Waals surface area contributed by atoms with Gasteiger partial charge in [-0.1, -0.05) is 27.2 Å². The number of aromatic nitrogens is 2. The molecule has 18 heavy (non-hydrogen) atoms. The number of aliphatic hydroxyl groups excluding tert-OH is 1. The van der Waals surface area contributed by atoms with E-state index in [9.17, 15) is 5.11 Å². The summed E-state index contributed by atoms with van der Waals surface area (Å²) in [6.45, 7) is 9.11. The summed E-state index contributed by atoms with van der Waals surface area (Å²) in [6.07, 6.45) is 3.99. The third kappa shape index (κ3) is 3.95. The number of rotatable bonds is 6. The third-order valence-corrected chi connectivity index (χ3v) is 2.94. The topological polar surface area (TPSA) is 49.2 Å². The van der Waals surface area contributed by atoms with E-state index in [4.69, 9.17) is 0 Å². The molecule has 0 amide bonds. The van der Waals surface area contributed by atoms with E-state index in [1.807, 2.05) is 20.2 Å². The van der Waals surface area contributed by atoms with Crippen LogP contribution in [0.4, 0.5) is 5.82 Å². The second kappa shape index (κ2) is 6.14. The van der Waals surface area contributed by atoms with Crippen LogP contribution in [0.5, 0.6) is 0 Å². The van der Waals surface area contributed by atoms with Crippen LogP contribution in [-0.2, 0) is 6.42 Å². The highest BCUT2D eigenvalue weighted by molar-refractivity contribution is 5.45. The summed E-state index contributed by atoms with van der Waals surface area (Å²) in [5.74, 6) is 1.78. The van der Waals surface area contributed by atoms with Crippen LogP contribution in [-0.4, -0.2) is 35.3 Å². The second-order valence-electron chi connectivity index (χ2n) is 5.69. The molecule has 0 atom stereocenters. The molecule has 0 aliphatic heterocycles. The SMILES string of the molecule is CCCc1cnc(C)nc1N(C)CC(C)(C)CO. The Balaban J connectivity index is 2.96. The molecule has 0 unspecified atom stereocenters. The smallest absolute Gasteiger partial charge is 0.135 e. The molecule has 0 aliphatic carbocycles. The van der Waals surface area contributed by atoms with Gasteiger partial charge in [0.05, 0.1) is 0 Å². The van der Waals surface area contributed by atoms with Crippen molar-refractivity contribution in [3.8, 4) is 0 Å². The fourth-order valence-corrected chi connectivity index (χ4v) is 2.03. The average molecular weight is 251 g/mol. The summed E-state index contributed by atoms with van der Waals surface area (Å²) >= 11 is 0. The number of nitrogens with zero attached hydrogens (tertiary/aromatic N) is 3. The highest BCUT2D eigenvalue weighted by Crippen LogP contribution is 2.22. The van der Waals surface area contributed by atoms with Crippen LogP contribution >= 0.6 is 0 Å². The first-order valence-corrected chi connectivity index (χ1v) is 6.54. The molecular weight excluding hydrogens is 226 g/mol. The molecule has 0 fully saturated rings. The van der Waals surface area contributed by atoms with Gasteiger partial charge >= 0.3 is 0 Å². The molecule has 0 aliphatic rings. The first-order chi connectivity index (χ1) is 8.39. The molecule has 0 bridgehead atoms. The maximum atomic E-state index is 9.36. The fourth-order valence-electron chi connectivity index (χ4n) is 2.03. The molecule has 0 spiro atoms. The van der Waals surface area contributed by atoms with Gasteiger partial charge in [-0.15, -0.1) is 0 Å².